The van der Waals surface area contributed by atoms with Crippen molar-refractivity contribution in [3.63, 3.8) is 0 Å². The molecule has 2 aliphatic heterocycles. The second-order valence-electron chi connectivity index (χ2n) is 11.1. The molecular formula is C33H37Cl3N2O5. The van der Waals surface area contributed by atoms with E-state index < -0.39 is 16.0 Å². The lowest BCUT2D eigenvalue weighted by molar-refractivity contribution is -0.253. The third kappa shape index (κ3) is 8.29. The van der Waals surface area contributed by atoms with Crippen molar-refractivity contribution < 1.29 is 24.1 Å². The number of carbonyl (C=O) groups is 1. The predicted octanol–water partition coefficient (Wildman–Crippen LogP) is 6.49. The first kappa shape index (κ1) is 32.2. The Kier molecular flexibility index (Phi) is 11.0. The zero-order chi connectivity index (χ0) is 30.4. The summed E-state index contributed by atoms with van der Waals surface area (Å²) >= 11 is 17.1. The molecule has 0 spiro atoms. The molecule has 43 heavy (non-hydrogen) atoms. The van der Waals surface area contributed by atoms with E-state index >= 15 is 0 Å². The van der Waals surface area contributed by atoms with Crippen LogP contribution in [-0.4, -0.2) is 58.7 Å². The molecule has 0 saturated carbocycles. The maximum atomic E-state index is 12.1. The lowest BCUT2D eigenvalue weighted by atomic mass is 9.97. The van der Waals surface area contributed by atoms with E-state index in [4.69, 9.17) is 49.0 Å². The summed E-state index contributed by atoms with van der Waals surface area (Å²) in [7, 11) is 1.76. The number of nitrogens with zero attached hydrogens (tertiary/aromatic N) is 1. The maximum absolute atomic E-state index is 12.1. The van der Waals surface area contributed by atoms with E-state index in [2.05, 4.69) is 10.2 Å². The van der Waals surface area contributed by atoms with Gasteiger partial charge in [-0.15, -0.1) is 0 Å². The highest BCUT2D eigenvalue weighted by Gasteiger charge is 2.35. The second kappa shape index (κ2) is 14.7. The van der Waals surface area contributed by atoms with Gasteiger partial charge in [-0.2, -0.15) is 0 Å². The van der Waals surface area contributed by atoms with Gasteiger partial charge in [0, 0.05) is 38.2 Å². The van der Waals surface area contributed by atoms with Crippen molar-refractivity contribution in [3.05, 3.63) is 95.1 Å². The van der Waals surface area contributed by atoms with Gasteiger partial charge in [0.05, 0.1) is 25.4 Å². The summed E-state index contributed by atoms with van der Waals surface area (Å²) in [5.74, 6) is -0.674. The van der Waals surface area contributed by atoms with Gasteiger partial charge in [0.15, 0.2) is 6.29 Å². The molecule has 3 aromatic carbocycles. The third-order valence-corrected chi connectivity index (χ3v) is 8.63. The van der Waals surface area contributed by atoms with Crippen LogP contribution in [0.1, 0.15) is 53.9 Å². The molecule has 5 rings (SSSR count). The molecule has 1 amide bonds. The summed E-state index contributed by atoms with van der Waals surface area (Å²) in [6, 6.07) is 24.2. The average Bonchev–Trinajstić information content (AvgIpc) is 3.46. The normalized spacial score (nSPS) is 22.9. The van der Waals surface area contributed by atoms with Crippen LogP contribution in [-0.2, 0) is 32.2 Å². The fourth-order valence-electron chi connectivity index (χ4n) is 5.86. The molecule has 2 fully saturated rings. The average molecular weight is 648 g/mol. The van der Waals surface area contributed by atoms with Gasteiger partial charge in [-0.05, 0) is 47.2 Å². The monoisotopic (exact) mass is 646 g/mol. The molecule has 3 aromatic rings. The van der Waals surface area contributed by atoms with E-state index in [0.29, 0.717) is 6.04 Å². The van der Waals surface area contributed by atoms with Crippen molar-refractivity contribution in [2.24, 2.45) is 0 Å². The molecule has 4 atom stereocenters. The van der Waals surface area contributed by atoms with Gasteiger partial charge in [0.2, 0.25) is 0 Å². The molecule has 0 unspecified atom stereocenters. The third-order valence-electron chi connectivity index (χ3n) is 8.12. The van der Waals surface area contributed by atoms with Crippen molar-refractivity contribution in [2.75, 3.05) is 26.8 Å². The summed E-state index contributed by atoms with van der Waals surface area (Å²) in [4.78, 5) is 14.6. The number of rotatable bonds is 10. The molecule has 0 aliphatic carbocycles. The number of nitrogens with one attached hydrogen (secondary N) is 1. The number of aliphatic hydroxyl groups excluding tert-OH is 1. The Bertz CT molecular complexity index is 1350. The van der Waals surface area contributed by atoms with Crippen molar-refractivity contribution in [2.45, 2.75) is 60.7 Å². The Morgan fingerprint density at radius 3 is 2.44 bits per heavy atom. The van der Waals surface area contributed by atoms with Crippen LogP contribution in [0.3, 0.4) is 0 Å². The zero-order valence-electron chi connectivity index (χ0n) is 24.1. The van der Waals surface area contributed by atoms with E-state index in [9.17, 15) is 9.90 Å². The fourth-order valence-corrected chi connectivity index (χ4v) is 6.06. The lowest BCUT2D eigenvalue weighted by Gasteiger charge is -2.38. The summed E-state index contributed by atoms with van der Waals surface area (Å²) in [6.45, 7) is 2.79. The van der Waals surface area contributed by atoms with Crippen LogP contribution >= 0.6 is 34.8 Å². The number of aliphatic hydroxyl groups is 1. The van der Waals surface area contributed by atoms with Gasteiger partial charge in [-0.25, -0.2) is 0 Å². The molecule has 2 N–H and O–H groups in total. The van der Waals surface area contributed by atoms with Gasteiger partial charge in [0.25, 0.3) is 9.70 Å². The molecule has 230 valence electrons. The number of benzene rings is 3. The minimum absolute atomic E-state index is 0.00473. The Morgan fingerprint density at radius 1 is 1.02 bits per heavy atom. The van der Waals surface area contributed by atoms with Crippen LogP contribution in [0, 0.1) is 0 Å². The number of amides is 1. The fraction of sp³-hybridized carbons (Fsp3) is 0.424. The van der Waals surface area contributed by atoms with Gasteiger partial charge in [-0.3, -0.25) is 9.69 Å². The molecule has 0 aromatic heterocycles. The Labute approximate surface area is 268 Å². The number of ether oxygens (including phenoxy) is 3. The van der Waals surface area contributed by atoms with Gasteiger partial charge >= 0.3 is 0 Å². The van der Waals surface area contributed by atoms with Crippen LogP contribution in [0.25, 0.3) is 11.1 Å². The lowest BCUT2D eigenvalue weighted by Crippen LogP contribution is -2.42. The summed E-state index contributed by atoms with van der Waals surface area (Å²) in [5.41, 5.74) is 5.68. The van der Waals surface area contributed by atoms with Crippen LogP contribution in [0.4, 0.5) is 0 Å². The summed E-state index contributed by atoms with van der Waals surface area (Å²) in [5, 5.41) is 12.2. The molecule has 10 heteroatoms. The number of carbonyl (C=O) groups excluding carboxylic acids is 1. The smallest absolute Gasteiger partial charge is 0.272 e. The van der Waals surface area contributed by atoms with Crippen LogP contribution in [0.5, 0.6) is 0 Å². The minimum atomic E-state index is -2.02. The van der Waals surface area contributed by atoms with Gasteiger partial charge in [0.1, 0.15) is 0 Å². The maximum Gasteiger partial charge on any atom is 0.272 e. The van der Waals surface area contributed by atoms with Gasteiger partial charge in [-0.1, -0.05) is 108 Å². The Balaban J connectivity index is 1.35. The standard InChI is InChI=1S/C33H37Cl3N2O5/c1-41-21-27-6-4-16-38(27)19-28-17-30(24-10-8-22(20-39)9-11-24)43-31(42-28)25-14-12-23(13-15-25)29-7-3-2-5-26(29)18-37-32(40)33(34,35)36/h2-3,5,7-15,27-28,30-31,39H,4,6,16-21H2,1H3,(H,37,40)/t27-,28+,30-,31-/m0/s1. The first-order valence-electron chi connectivity index (χ1n) is 14.5. The number of methoxy groups -OCH3 is 1. The molecule has 2 aliphatic rings. The molecular weight excluding hydrogens is 611 g/mol. The highest BCUT2D eigenvalue weighted by atomic mass is 35.6. The number of likely N-dealkylation sites (tertiary alicyclic amines) is 1. The highest BCUT2D eigenvalue weighted by molar-refractivity contribution is 6.76. The van der Waals surface area contributed by atoms with E-state index in [1.165, 1.54) is 0 Å². The topological polar surface area (TPSA) is 80.3 Å². The second-order valence-corrected chi connectivity index (χ2v) is 13.3. The number of hydrogen-bond acceptors (Lipinski definition) is 6. The van der Waals surface area contributed by atoms with Crippen molar-refractivity contribution in [3.8, 4) is 11.1 Å². The van der Waals surface area contributed by atoms with Crippen molar-refractivity contribution >= 4 is 40.7 Å². The zero-order valence-corrected chi connectivity index (χ0v) is 26.3. The quantitative estimate of drug-likeness (QED) is 0.245. The molecule has 7 nitrogen and oxygen atoms in total. The van der Waals surface area contributed by atoms with Crippen LogP contribution in [0.2, 0.25) is 0 Å². The van der Waals surface area contributed by atoms with Gasteiger partial charge < -0.3 is 24.6 Å². The molecule has 0 bridgehead atoms. The summed E-state index contributed by atoms with van der Waals surface area (Å²) < 4.78 is 16.6. The minimum Gasteiger partial charge on any atom is -0.392 e. The SMILES string of the molecule is COC[C@@H]1CCCN1C[C@H]1C[C@@H](c2ccc(CO)cc2)O[C@@H](c2ccc(-c3ccccc3CNC(=O)C(Cl)(Cl)Cl)cc2)O1. The molecule has 2 saturated heterocycles. The number of halogens is 3. The van der Waals surface area contributed by atoms with E-state index in [0.717, 1.165) is 72.3 Å². The first-order chi connectivity index (χ1) is 20.7. The highest BCUT2D eigenvalue weighted by Crippen LogP contribution is 2.39. The van der Waals surface area contributed by atoms with Crippen molar-refractivity contribution in [1.82, 2.24) is 10.2 Å². The Hall–Kier alpha value is -2.20. The number of hydrogen-bond donors (Lipinski definition) is 2. The predicted molar refractivity (Wildman–Crippen MR) is 169 cm³/mol. The van der Waals surface area contributed by atoms with E-state index in [1.54, 1.807) is 7.11 Å². The molecule has 2 heterocycles. The Morgan fingerprint density at radius 2 is 1.74 bits per heavy atom. The largest absolute Gasteiger partial charge is 0.392 e. The molecule has 0 radical (unpaired) electrons. The first-order valence-corrected chi connectivity index (χ1v) is 15.7. The number of alkyl halides is 3. The van der Waals surface area contributed by atoms with E-state index in [-0.39, 0.29) is 25.4 Å². The summed E-state index contributed by atoms with van der Waals surface area (Å²) in [6.07, 6.45) is 2.30. The van der Waals surface area contributed by atoms with Crippen LogP contribution < -0.4 is 5.32 Å². The van der Waals surface area contributed by atoms with E-state index in [1.807, 2.05) is 72.8 Å². The van der Waals surface area contributed by atoms with Crippen molar-refractivity contribution in [1.29, 1.82) is 0 Å². The van der Waals surface area contributed by atoms with Crippen LogP contribution in [0.15, 0.2) is 72.8 Å².